The SMILES string of the molecule is CNC(C)c1sc(-c2c(C)cccc2C)nc1C. The summed E-state index contributed by atoms with van der Waals surface area (Å²) in [6.45, 7) is 8.58. The van der Waals surface area contributed by atoms with Gasteiger partial charge in [0.05, 0.1) is 5.69 Å². The maximum Gasteiger partial charge on any atom is 0.124 e. The summed E-state index contributed by atoms with van der Waals surface area (Å²) in [7, 11) is 1.99. The molecule has 0 aliphatic rings. The topological polar surface area (TPSA) is 24.9 Å². The molecule has 0 saturated carbocycles. The van der Waals surface area contributed by atoms with Crippen LogP contribution in [0.1, 0.15) is 34.7 Å². The number of hydrogen-bond donors (Lipinski definition) is 1. The summed E-state index contributed by atoms with van der Waals surface area (Å²) in [6.07, 6.45) is 0. The van der Waals surface area contributed by atoms with Crippen molar-refractivity contribution in [3.05, 3.63) is 39.9 Å². The second-order valence-electron chi connectivity index (χ2n) is 4.75. The number of rotatable bonds is 3. The van der Waals surface area contributed by atoms with E-state index in [1.54, 1.807) is 11.3 Å². The first-order valence-electron chi connectivity index (χ1n) is 6.25. The molecule has 3 heteroatoms. The van der Waals surface area contributed by atoms with E-state index < -0.39 is 0 Å². The standard InChI is InChI=1S/C15H20N2S/c1-9-7-6-8-10(2)13(9)15-17-12(4)14(18-15)11(3)16-5/h6-8,11,16H,1-5H3. The van der Waals surface area contributed by atoms with Crippen LogP contribution < -0.4 is 5.32 Å². The first kappa shape index (κ1) is 13.2. The molecule has 0 aliphatic carbocycles. The van der Waals surface area contributed by atoms with Gasteiger partial charge in [0.2, 0.25) is 0 Å². The van der Waals surface area contributed by atoms with Gasteiger partial charge in [0.1, 0.15) is 5.01 Å². The second kappa shape index (κ2) is 5.21. The number of nitrogens with one attached hydrogen (secondary N) is 1. The Kier molecular flexibility index (Phi) is 3.83. The Morgan fingerprint density at radius 3 is 2.33 bits per heavy atom. The average Bonchev–Trinajstić information content (AvgIpc) is 2.70. The molecule has 1 heterocycles. The van der Waals surface area contributed by atoms with E-state index in [4.69, 9.17) is 4.98 Å². The summed E-state index contributed by atoms with van der Waals surface area (Å²) >= 11 is 1.80. The highest BCUT2D eigenvalue weighted by molar-refractivity contribution is 7.15. The van der Waals surface area contributed by atoms with Gasteiger partial charge in [0, 0.05) is 16.5 Å². The van der Waals surface area contributed by atoms with E-state index in [1.165, 1.54) is 21.6 Å². The Balaban J connectivity index is 2.53. The highest BCUT2D eigenvalue weighted by Gasteiger charge is 2.16. The zero-order valence-electron chi connectivity index (χ0n) is 11.7. The number of hydrogen-bond acceptors (Lipinski definition) is 3. The van der Waals surface area contributed by atoms with Crippen LogP contribution in [-0.2, 0) is 0 Å². The maximum atomic E-state index is 4.75. The van der Waals surface area contributed by atoms with Gasteiger partial charge in [-0.2, -0.15) is 0 Å². The lowest BCUT2D eigenvalue weighted by Crippen LogP contribution is -2.11. The van der Waals surface area contributed by atoms with E-state index in [-0.39, 0.29) is 0 Å². The van der Waals surface area contributed by atoms with Crippen LogP contribution in [0.4, 0.5) is 0 Å². The van der Waals surface area contributed by atoms with Crippen molar-refractivity contribution in [1.29, 1.82) is 0 Å². The molecule has 1 N–H and O–H groups in total. The number of thiazole rings is 1. The number of nitrogens with zero attached hydrogens (tertiary/aromatic N) is 1. The molecule has 2 rings (SSSR count). The van der Waals surface area contributed by atoms with E-state index in [0.29, 0.717) is 6.04 Å². The fraction of sp³-hybridized carbons (Fsp3) is 0.400. The zero-order chi connectivity index (χ0) is 13.3. The van der Waals surface area contributed by atoms with Gasteiger partial charge in [-0.25, -0.2) is 4.98 Å². The van der Waals surface area contributed by atoms with Gasteiger partial charge in [-0.1, -0.05) is 18.2 Å². The van der Waals surface area contributed by atoms with Gasteiger partial charge in [0.15, 0.2) is 0 Å². The molecule has 0 fully saturated rings. The van der Waals surface area contributed by atoms with Crippen LogP contribution in [0, 0.1) is 20.8 Å². The van der Waals surface area contributed by atoms with Crippen LogP contribution in [-0.4, -0.2) is 12.0 Å². The van der Waals surface area contributed by atoms with Crippen LogP contribution in [0.15, 0.2) is 18.2 Å². The highest BCUT2D eigenvalue weighted by atomic mass is 32.1. The molecular weight excluding hydrogens is 240 g/mol. The normalized spacial score (nSPS) is 12.7. The van der Waals surface area contributed by atoms with Gasteiger partial charge < -0.3 is 5.32 Å². The summed E-state index contributed by atoms with van der Waals surface area (Å²) in [6, 6.07) is 6.77. The third kappa shape index (κ3) is 2.33. The van der Waals surface area contributed by atoms with Crippen molar-refractivity contribution in [3.63, 3.8) is 0 Å². The summed E-state index contributed by atoms with van der Waals surface area (Å²) in [4.78, 5) is 6.08. The monoisotopic (exact) mass is 260 g/mol. The summed E-state index contributed by atoms with van der Waals surface area (Å²) in [5.41, 5.74) is 5.03. The Bertz CT molecular complexity index is 537. The Hall–Kier alpha value is -1.19. The average molecular weight is 260 g/mol. The Morgan fingerprint density at radius 2 is 1.78 bits per heavy atom. The molecular formula is C15H20N2S. The third-order valence-electron chi connectivity index (χ3n) is 3.35. The van der Waals surface area contributed by atoms with E-state index >= 15 is 0 Å². The molecule has 2 nitrogen and oxygen atoms in total. The van der Waals surface area contributed by atoms with Crippen molar-refractivity contribution in [2.24, 2.45) is 0 Å². The van der Waals surface area contributed by atoms with Crippen molar-refractivity contribution >= 4 is 11.3 Å². The minimum atomic E-state index is 0.362. The minimum Gasteiger partial charge on any atom is -0.312 e. The van der Waals surface area contributed by atoms with Crippen molar-refractivity contribution in [2.45, 2.75) is 33.7 Å². The smallest absolute Gasteiger partial charge is 0.124 e. The Morgan fingerprint density at radius 1 is 1.17 bits per heavy atom. The van der Waals surface area contributed by atoms with E-state index in [2.05, 4.69) is 51.2 Å². The molecule has 0 bridgehead atoms. The molecule has 2 aromatic rings. The maximum absolute atomic E-state index is 4.75. The third-order valence-corrected chi connectivity index (χ3v) is 4.71. The number of aryl methyl sites for hydroxylation is 3. The first-order chi connectivity index (χ1) is 8.54. The van der Waals surface area contributed by atoms with Gasteiger partial charge in [-0.3, -0.25) is 0 Å². The molecule has 0 aliphatic heterocycles. The van der Waals surface area contributed by atoms with Crippen molar-refractivity contribution in [3.8, 4) is 10.6 Å². The van der Waals surface area contributed by atoms with Gasteiger partial charge in [-0.05, 0) is 45.9 Å². The zero-order valence-corrected chi connectivity index (χ0v) is 12.5. The minimum absolute atomic E-state index is 0.362. The molecule has 0 radical (unpaired) electrons. The molecule has 18 heavy (non-hydrogen) atoms. The summed E-state index contributed by atoms with van der Waals surface area (Å²) < 4.78 is 0. The molecule has 1 atom stereocenters. The van der Waals surface area contributed by atoms with Crippen molar-refractivity contribution in [2.75, 3.05) is 7.05 Å². The quantitative estimate of drug-likeness (QED) is 0.901. The van der Waals surface area contributed by atoms with E-state index in [0.717, 1.165) is 10.7 Å². The molecule has 0 saturated heterocycles. The second-order valence-corrected chi connectivity index (χ2v) is 5.78. The molecule has 96 valence electrons. The van der Waals surface area contributed by atoms with Crippen LogP contribution in [0.2, 0.25) is 0 Å². The lowest BCUT2D eigenvalue weighted by molar-refractivity contribution is 0.658. The van der Waals surface area contributed by atoms with Crippen LogP contribution in [0.25, 0.3) is 10.6 Å². The number of benzene rings is 1. The van der Waals surface area contributed by atoms with Crippen molar-refractivity contribution < 1.29 is 0 Å². The van der Waals surface area contributed by atoms with E-state index in [9.17, 15) is 0 Å². The lowest BCUT2D eigenvalue weighted by Gasteiger charge is -2.07. The Labute approximate surface area is 113 Å². The molecule has 1 unspecified atom stereocenters. The summed E-state index contributed by atoms with van der Waals surface area (Å²) in [5.74, 6) is 0. The predicted octanol–water partition coefficient (Wildman–Crippen LogP) is 4.02. The van der Waals surface area contributed by atoms with Gasteiger partial charge >= 0.3 is 0 Å². The number of aromatic nitrogens is 1. The van der Waals surface area contributed by atoms with Gasteiger partial charge in [-0.15, -0.1) is 11.3 Å². The lowest BCUT2D eigenvalue weighted by atomic mass is 10.0. The van der Waals surface area contributed by atoms with Crippen LogP contribution in [0.5, 0.6) is 0 Å². The van der Waals surface area contributed by atoms with Crippen molar-refractivity contribution in [1.82, 2.24) is 10.3 Å². The molecule has 0 amide bonds. The fourth-order valence-electron chi connectivity index (χ4n) is 2.20. The van der Waals surface area contributed by atoms with Gasteiger partial charge in [0.25, 0.3) is 0 Å². The first-order valence-corrected chi connectivity index (χ1v) is 7.07. The fourth-order valence-corrected chi connectivity index (χ4v) is 3.50. The van der Waals surface area contributed by atoms with E-state index in [1.807, 2.05) is 7.05 Å². The van der Waals surface area contributed by atoms with Crippen LogP contribution >= 0.6 is 11.3 Å². The molecule has 0 spiro atoms. The molecule has 1 aromatic heterocycles. The summed E-state index contributed by atoms with van der Waals surface area (Å²) in [5, 5.41) is 4.43. The molecule has 1 aromatic carbocycles. The predicted molar refractivity (Wildman–Crippen MR) is 79.2 cm³/mol. The highest BCUT2D eigenvalue weighted by Crippen LogP contribution is 2.34. The van der Waals surface area contributed by atoms with Crippen LogP contribution in [0.3, 0.4) is 0 Å². The largest absolute Gasteiger partial charge is 0.312 e.